The quantitative estimate of drug-likeness (QED) is 0.239. The lowest BCUT2D eigenvalue weighted by Gasteiger charge is -2.40. The minimum absolute atomic E-state index is 0.00839. The number of nitrogens with two attached hydrogens (primary N) is 1. The molecule has 0 saturated carbocycles. The van der Waals surface area contributed by atoms with E-state index < -0.39 is 41.2 Å². The lowest BCUT2D eigenvalue weighted by Crippen LogP contribution is -2.47. The highest BCUT2D eigenvalue weighted by Gasteiger charge is 2.52. The molecule has 2 aromatic carbocycles. The summed E-state index contributed by atoms with van der Waals surface area (Å²) in [5.41, 5.74) is 4.08. The molecule has 2 radical (unpaired) electrons. The lowest BCUT2D eigenvalue weighted by molar-refractivity contribution is -0.140. The van der Waals surface area contributed by atoms with Crippen LogP contribution in [0.2, 0.25) is 5.04 Å². The number of benzene rings is 2. The first-order chi connectivity index (χ1) is 22.8. The molecule has 1 atom stereocenters. The number of halogens is 3. The summed E-state index contributed by atoms with van der Waals surface area (Å²) in [6.45, 7) is 7.69. The highest BCUT2D eigenvalue weighted by atomic mass is 28.2. The third-order valence-corrected chi connectivity index (χ3v) is 8.85. The lowest BCUT2D eigenvalue weighted by atomic mass is 9.81. The van der Waals surface area contributed by atoms with E-state index in [-0.39, 0.29) is 38.8 Å². The van der Waals surface area contributed by atoms with Gasteiger partial charge in [0, 0.05) is 30.9 Å². The van der Waals surface area contributed by atoms with E-state index in [1.165, 1.54) is 11.0 Å². The van der Waals surface area contributed by atoms with Crippen LogP contribution >= 0.6 is 0 Å². The van der Waals surface area contributed by atoms with Crippen molar-refractivity contribution < 1.29 is 31.9 Å². The van der Waals surface area contributed by atoms with E-state index in [9.17, 15) is 18.0 Å². The topological polar surface area (TPSA) is 129 Å². The SMILES string of the molecule is CC(C)(C)[Si]OC(c1ccccc1)(c1ccccc1)[C@@H]1CN(c2cc(-c3cnc(N)nc3C(F)(F)F)nc(N3CCOCC3)n2)C(=O)O1. The summed E-state index contributed by atoms with van der Waals surface area (Å²) in [6.07, 6.45) is -5.49. The first-order valence-corrected chi connectivity index (χ1v) is 16.2. The molecule has 0 spiro atoms. The molecule has 0 aliphatic carbocycles. The second-order valence-electron chi connectivity index (χ2n) is 12.4. The van der Waals surface area contributed by atoms with Gasteiger partial charge in [0.15, 0.2) is 11.8 Å². The number of alkyl halides is 3. The predicted octanol–water partition coefficient (Wildman–Crippen LogP) is 5.49. The Bertz CT molecular complexity index is 1710. The molecule has 2 aliphatic heterocycles. The number of carbonyl (C=O) groups excluding carboxylic acids is 1. The number of anilines is 3. The van der Waals surface area contributed by atoms with Crippen LogP contribution in [0.4, 0.5) is 35.7 Å². The van der Waals surface area contributed by atoms with Crippen LogP contribution in [-0.4, -0.2) is 74.7 Å². The van der Waals surface area contributed by atoms with Crippen molar-refractivity contribution in [3.05, 3.63) is 89.7 Å². The number of cyclic esters (lactones) is 1. The van der Waals surface area contributed by atoms with E-state index >= 15 is 0 Å². The Balaban J connectivity index is 1.48. The molecule has 0 bridgehead atoms. The fourth-order valence-corrected chi connectivity index (χ4v) is 6.43. The van der Waals surface area contributed by atoms with E-state index in [1.54, 1.807) is 4.90 Å². The largest absolute Gasteiger partial charge is 0.440 e. The van der Waals surface area contributed by atoms with Crippen molar-refractivity contribution in [3.8, 4) is 11.3 Å². The number of morpholine rings is 1. The monoisotopic (exact) mass is 677 g/mol. The molecule has 6 rings (SSSR count). The van der Waals surface area contributed by atoms with Crippen molar-refractivity contribution in [2.45, 2.75) is 43.7 Å². The van der Waals surface area contributed by atoms with E-state index in [0.717, 1.165) is 17.3 Å². The van der Waals surface area contributed by atoms with Gasteiger partial charge in [-0.3, -0.25) is 4.90 Å². The van der Waals surface area contributed by atoms with Gasteiger partial charge in [0.25, 0.3) is 0 Å². The number of hydrogen-bond donors (Lipinski definition) is 1. The van der Waals surface area contributed by atoms with Crippen LogP contribution in [-0.2, 0) is 25.7 Å². The molecule has 11 nitrogen and oxygen atoms in total. The maximum atomic E-state index is 14.2. The van der Waals surface area contributed by atoms with E-state index in [2.05, 4.69) is 40.7 Å². The molecule has 4 heterocycles. The summed E-state index contributed by atoms with van der Waals surface area (Å²) in [4.78, 5) is 33.4. The molecule has 2 N–H and O–H groups in total. The minimum atomic E-state index is -4.86. The zero-order valence-corrected chi connectivity index (χ0v) is 27.6. The van der Waals surface area contributed by atoms with Crippen LogP contribution in [0.15, 0.2) is 72.9 Å². The smallest absolute Gasteiger partial charge is 0.434 e. The molecule has 1 amide bonds. The Morgan fingerprint density at radius 3 is 2.15 bits per heavy atom. The molecular formula is C33H34F3N7O4Si. The number of nitrogens with zero attached hydrogens (tertiary/aromatic N) is 6. The zero-order chi connectivity index (χ0) is 34.1. The Morgan fingerprint density at radius 1 is 0.938 bits per heavy atom. The van der Waals surface area contributed by atoms with Crippen molar-refractivity contribution in [3.63, 3.8) is 0 Å². The van der Waals surface area contributed by atoms with Gasteiger partial charge in [-0.1, -0.05) is 81.4 Å². The highest BCUT2D eigenvalue weighted by Crippen LogP contribution is 2.44. The molecule has 48 heavy (non-hydrogen) atoms. The summed E-state index contributed by atoms with van der Waals surface area (Å²) in [6, 6.07) is 20.4. The van der Waals surface area contributed by atoms with Gasteiger partial charge in [0.2, 0.25) is 21.7 Å². The molecule has 2 aliphatic rings. The highest BCUT2D eigenvalue weighted by molar-refractivity contribution is 6.32. The number of ether oxygens (including phenoxy) is 2. The maximum absolute atomic E-state index is 14.2. The van der Waals surface area contributed by atoms with Crippen molar-refractivity contribution in [1.82, 2.24) is 19.9 Å². The summed E-state index contributed by atoms with van der Waals surface area (Å²) in [5.74, 6) is -0.365. The van der Waals surface area contributed by atoms with Crippen LogP contribution in [0.3, 0.4) is 0 Å². The summed E-state index contributed by atoms with van der Waals surface area (Å²) in [7, 11) is 0.00839. The summed E-state index contributed by atoms with van der Waals surface area (Å²) >= 11 is 0. The van der Waals surface area contributed by atoms with Gasteiger partial charge in [-0.25, -0.2) is 19.7 Å². The molecule has 2 saturated heterocycles. The number of nitrogen functional groups attached to an aromatic ring is 1. The number of rotatable bonds is 8. The second-order valence-corrected chi connectivity index (χ2v) is 14.3. The average molecular weight is 678 g/mol. The van der Waals surface area contributed by atoms with Crippen molar-refractivity contribution in [2.75, 3.05) is 48.4 Å². The molecule has 4 aromatic rings. The zero-order valence-electron chi connectivity index (χ0n) is 26.6. The Labute approximate surface area is 278 Å². The van der Waals surface area contributed by atoms with Crippen LogP contribution in [0, 0.1) is 0 Å². The van der Waals surface area contributed by atoms with Gasteiger partial charge in [-0.2, -0.15) is 18.2 Å². The molecular weight excluding hydrogens is 643 g/mol. The van der Waals surface area contributed by atoms with Crippen LogP contribution in [0.1, 0.15) is 37.6 Å². The minimum Gasteiger partial charge on any atom is -0.440 e. The Hall–Kier alpha value is -4.60. The molecule has 2 aromatic heterocycles. The first-order valence-electron chi connectivity index (χ1n) is 15.3. The summed E-state index contributed by atoms with van der Waals surface area (Å²) in [5, 5.41) is -0.219. The first kappa shape index (κ1) is 33.3. The van der Waals surface area contributed by atoms with Crippen LogP contribution in [0.5, 0.6) is 0 Å². The van der Waals surface area contributed by atoms with E-state index in [1.807, 2.05) is 60.7 Å². The van der Waals surface area contributed by atoms with Crippen molar-refractivity contribution >= 4 is 33.6 Å². The third kappa shape index (κ3) is 6.84. The van der Waals surface area contributed by atoms with Crippen LogP contribution < -0.4 is 15.5 Å². The normalized spacial score (nSPS) is 17.5. The second kappa shape index (κ2) is 13.1. The van der Waals surface area contributed by atoms with Gasteiger partial charge >= 0.3 is 12.3 Å². The molecule has 15 heteroatoms. The van der Waals surface area contributed by atoms with Gasteiger partial charge in [0.1, 0.15) is 11.4 Å². The van der Waals surface area contributed by atoms with Crippen LogP contribution in [0.25, 0.3) is 11.3 Å². The van der Waals surface area contributed by atoms with Gasteiger partial charge < -0.3 is 24.5 Å². The fourth-order valence-electron chi connectivity index (χ4n) is 5.59. The predicted molar refractivity (Wildman–Crippen MR) is 173 cm³/mol. The average Bonchev–Trinajstić information content (AvgIpc) is 3.47. The van der Waals surface area contributed by atoms with E-state index in [4.69, 9.17) is 19.6 Å². The molecule has 0 unspecified atom stereocenters. The molecule has 250 valence electrons. The maximum Gasteiger partial charge on any atom is 0.434 e. The fraction of sp³-hybridized carbons (Fsp3) is 0.364. The van der Waals surface area contributed by atoms with Gasteiger partial charge in [0.05, 0.1) is 25.5 Å². The van der Waals surface area contributed by atoms with Gasteiger partial charge in [-0.15, -0.1) is 0 Å². The number of amides is 1. The number of carbonyl (C=O) groups is 1. The number of hydrogen-bond acceptors (Lipinski definition) is 10. The number of aromatic nitrogens is 4. The third-order valence-electron chi connectivity index (χ3n) is 7.81. The van der Waals surface area contributed by atoms with Crippen molar-refractivity contribution in [1.29, 1.82) is 0 Å². The Morgan fingerprint density at radius 2 is 1.56 bits per heavy atom. The van der Waals surface area contributed by atoms with Gasteiger partial charge in [-0.05, 0) is 16.2 Å². The Kier molecular flexibility index (Phi) is 9.11. The van der Waals surface area contributed by atoms with E-state index in [0.29, 0.717) is 26.3 Å². The van der Waals surface area contributed by atoms with Crippen molar-refractivity contribution in [2.24, 2.45) is 0 Å². The standard InChI is InChI=1S/C33H34F3N7O4Si/c1-31(2,3)48-47-32(21-10-6-4-7-11-21,22-12-8-5-9-13-22)25-20-43(30(44)46-25)26-18-24(39-29(40-26)42-14-16-45-17-15-42)23-19-38-28(37)41-27(23)33(34,35)36/h4-13,18-19,25H,14-17,20H2,1-3H3,(H2,37,38,41)/t25-/m0/s1. The molecule has 2 fully saturated rings. The summed E-state index contributed by atoms with van der Waals surface area (Å²) < 4.78 is 61.0.